The molecule has 23 heavy (non-hydrogen) atoms. The Morgan fingerprint density at radius 2 is 1.65 bits per heavy atom. The number of imide groups is 1. The van der Waals surface area contributed by atoms with Crippen molar-refractivity contribution in [1.29, 1.82) is 0 Å². The fourth-order valence-corrected chi connectivity index (χ4v) is 2.66. The van der Waals surface area contributed by atoms with E-state index in [0.29, 0.717) is 17.3 Å². The number of carbonyl (C=O) groups excluding carboxylic acids is 2. The van der Waals surface area contributed by atoms with Gasteiger partial charge in [-0.1, -0.05) is 23.7 Å². The summed E-state index contributed by atoms with van der Waals surface area (Å²) in [7, 11) is 0. The third-order valence-corrected chi connectivity index (χ3v) is 4.11. The zero-order valence-corrected chi connectivity index (χ0v) is 13.2. The van der Waals surface area contributed by atoms with E-state index in [0.717, 1.165) is 5.56 Å². The number of amides is 3. The van der Waals surface area contributed by atoms with Gasteiger partial charge in [0.15, 0.2) is 0 Å². The van der Waals surface area contributed by atoms with Gasteiger partial charge in [-0.3, -0.25) is 4.79 Å². The minimum absolute atomic E-state index is 0.161. The van der Waals surface area contributed by atoms with Crippen molar-refractivity contribution < 1.29 is 14.7 Å². The number of halogens is 1. The smallest absolute Gasteiger partial charge is 0.332 e. The highest BCUT2D eigenvalue weighted by atomic mass is 35.5. The van der Waals surface area contributed by atoms with Crippen LogP contribution in [0.1, 0.15) is 12.5 Å². The van der Waals surface area contributed by atoms with E-state index in [2.05, 4.69) is 0 Å². The quantitative estimate of drug-likeness (QED) is 0.877. The summed E-state index contributed by atoms with van der Waals surface area (Å²) < 4.78 is 0. The lowest BCUT2D eigenvalue weighted by atomic mass is 10.2. The van der Waals surface area contributed by atoms with Crippen LogP contribution in [0.4, 0.5) is 10.5 Å². The van der Waals surface area contributed by atoms with Gasteiger partial charge in [-0.05, 0) is 48.9 Å². The molecule has 1 heterocycles. The highest BCUT2D eigenvalue weighted by Gasteiger charge is 2.43. The van der Waals surface area contributed by atoms with Crippen LogP contribution in [0, 0.1) is 0 Å². The normalized spacial score (nSPS) is 17.9. The van der Waals surface area contributed by atoms with Crippen LogP contribution in [0.5, 0.6) is 5.75 Å². The average molecular weight is 331 g/mol. The molecule has 1 atom stereocenters. The molecule has 6 heteroatoms. The summed E-state index contributed by atoms with van der Waals surface area (Å²) in [4.78, 5) is 27.7. The Morgan fingerprint density at radius 3 is 2.26 bits per heavy atom. The number of anilines is 1. The SMILES string of the molecule is C[C@H]1C(=O)N(c2ccc(Cl)cc2)C(=O)N1Cc1ccc(O)cc1. The molecular weight excluding hydrogens is 316 g/mol. The predicted molar refractivity (Wildman–Crippen MR) is 87.4 cm³/mol. The molecule has 0 aliphatic carbocycles. The molecule has 0 aromatic heterocycles. The summed E-state index contributed by atoms with van der Waals surface area (Å²) in [6.07, 6.45) is 0. The second-order valence-corrected chi connectivity index (χ2v) is 5.84. The van der Waals surface area contributed by atoms with Crippen molar-refractivity contribution >= 4 is 29.2 Å². The third kappa shape index (κ3) is 2.87. The Kier molecular flexibility index (Phi) is 3.96. The second-order valence-electron chi connectivity index (χ2n) is 5.40. The molecule has 1 aliphatic heterocycles. The van der Waals surface area contributed by atoms with Gasteiger partial charge in [-0.2, -0.15) is 0 Å². The second kappa shape index (κ2) is 5.93. The van der Waals surface area contributed by atoms with Crippen LogP contribution in [-0.2, 0) is 11.3 Å². The predicted octanol–water partition coefficient (Wildman–Crippen LogP) is 3.40. The van der Waals surface area contributed by atoms with Gasteiger partial charge < -0.3 is 10.0 Å². The van der Waals surface area contributed by atoms with Crippen LogP contribution in [-0.4, -0.2) is 28.0 Å². The summed E-state index contributed by atoms with van der Waals surface area (Å²) in [5.74, 6) is -0.107. The van der Waals surface area contributed by atoms with E-state index in [9.17, 15) is 14.7 Å². The molecule has 0 spiro atoms. The van der Waals surface area contributed by atoms with E-state index in [1.165, 1.54) is 9.80 Å². The highest BCUT2D eigenvalue weighted by molar-refractivity contribution is 6.30. The fourth-order valence-electron chi connectivity index (χ4n) is 2.54. The zero-order chi connectivity index (χ0) is 16.6. The van der Waals surface area contributed by atoms with E-state index in [-0.39, 0.29) is 17.7 Å². The number of rotatable bonds is 3. The lowest BCUT2D eigenvalue weighted by molar-refractivity contribution is -0.119. The molecule has 1 fully saturated rings. The molecular formula is C17H15ClN2O3. The molecule has 1 N–H and O–H groups in total. The van der Waals surface area contributed by atoms with Crippen LogP contribution < -0.4 is 4.90 Å². The number of carbonyl (C=O) groups is 2. The topological polar surface area (TPSA) is 60.9 Å². The van der Waals surface area contributed by atoms with Crippen LogP contribution in [0.15, 0.2) is 48.5 Å². The van der Waals surface area contributed by atoms with Gasteiger partial charge in [-0.15, -0.1) is 0 Å². The zero-order valence-electron chi connectivity index (χ0n) is 12.4. The van der Waals surface area contributed by atoms with E-state index in [1.807, 2.05) is 0 Å². The van der Waals surface area contributed by atoms with Gasteiger partial charge in [-0.25, -0.2) is 9.69 Å². The number of hydrogen-bond acceptors (Lipinski definition) is 3. The van der Waals surface area contributed by atoms with Gasteiger partial charge in [0.1, 0.15) is 11.8 Å². The fraction of sp³-hybridized carbons (Fsp3) is 0.176. The highest BCUT2D eigenvalue weighted by Crippen LogP contribution is 2.27. The number of phenolic OH excluding ortho intramolecular Hbond substituents is 1. The summed E-state index contributed by atoms with van der Waals surface area (Å²) in [5.41, 5.74) is 1.35. The van der Waals surface area contributed by atoms with Crippen LogP contribution in [0.2, 0.25) is 5.02 Å². The van der Waals surface area contributed by atoms with E-state index >= 15 is 0 Å². The summed E-state index contributed by atoms with van der Waals surface area (Å²) in [6.45, 7) is 2.01. The maximum atomic E-state index is 12.6. The van der Waals surface area contributed by atoms with Crippen molar-refractivity contribution in [1.82, 2.24) is 4.90 Å². The van der Waals surface area contributed by atoms with Crippen molar-refractivity contribution in [2.45, 2.75) is 19.5 Å². The first-order valence-corrected chi connectivity index (χ1v) is 7.53. The monoisotopic (exact) mass is 330 g/mol. The average Bonchev–Trinajstić information content (AvgIpc) is 2.74. The Labute approximate surface area is 138 Å². The first-order chi connectivity index (χ1) is 11.0. The standard InChI is InChI=1S/C17H15ClN2O3/c1-11-16(22)20(14-6-4-13(18)5-7-14)17(23)19(11)10-12-2-8-15(21)9-3-12/h2-9,11,21H,10H2,1H3/t11-/m0/s1. The number of aromatic hydroxyl groups is 1. The van der Waals surface area contributed by atoms with Crippen molar-refractivity contribution in [3.05, 3.63) is 59.1 Å². The molecule has 2 aromatic rings. The van der Waals surface area contributed by atoms with E-state index in [4.69, 9.17) is 11.6 Å². The Balaban J connectivity index is 1.85. The van der Waals surface area contributed by atoms with Gasteiger partial charge in [0.05, 0.1) is 5.69 Å². The van der Waals surface area contributed by atoms with E-state index < -0.39 is 6.04 Å². The van der Waals surface area contributed by atoms with Gasteiger partial charge >= 0.3 is 6.03 Å². The van der Waals surface area contributed by atoms with Gasteiger partial charge in [0.25, 0.3) is 5.91 Å². The van der Waals surface area contributed by atoms with Gasteiger partial charge in [0, 0.05) is 11.6 Å². The lowest BCUT2D eigenvalue weighted by Crippen LogP contribution is -2.33. The Bertz CT molecular complexity index is 743. The molecule has 0 saturated carbocycles. The number of urea groups is 1. The van der Waals surface area contributed by atoms with Gasteiger partial charge in [0.2, 0.25) is 0 Å². The molecule has 0 unspecified atom stereocenters. The summed E-state index contributed by atoms with van der Waals surface area (Å²) in [6, 6.07) is 12.2. The van der Waals surface area contributed by atoms with E-state index in [1.54, 1.807) is 55.5 Å². The molecule has 3 rings (SSSR count). The van der Waals surface area contributed by atoms with Crippen molar-refractivity contribution in [3.8, 4) is 5.75 Å². The maximum Gasteiger partial charge on any atom is 0.332 e. The molecule has 5 nitrogen and oxygen atoms in total. The minimum atomic E-state index is -0.549. The molecule has 2 aromatic carbocycles. The van der Waals surface area contributed by atoms with Crippen LogP contribution in [0.25, 0.3) is 0 Å². The van der Waals surface area contributed by atoms with Crippen molar-refractivity contribution in [2.24, 2.45) is 0 Å². The molecule has 0 radical (unpaired) electrons. The molecule has 0 bridgehead atoms. The Hall–Kier alpha value is -2.53. The lowest BCUT2D eigenvalue weighted by Gasteiger charge is -2.19. The van der Waals surface area contributed by atoms with Crippen LogP contribution >= 0.6 is 11.6 Å². The number of benzene rings is 2. The molecule has 118 valence electrons. The largest absolute Gasteiger partial charge is 0.508 e. The first-order valence-electron chi connectivity index (χ1n) is 7.15. The minimum Gasteiger partial charge on any atom is -0.508 e. The maximum absolute atomic E-state index is 12.6. The summed E-state index contributed by atoms with van der Waals surface area (Å²) >= 11 is 5.85. The number of hydrogen-bond donors (Lipinski definition) is 1. The molecule has 1 aliphatic rings. The summed E-state index contributed by atoms with van der Waals surface area (Å²) in [5, 5.41) is 9.87. The molecule has 1 saturated heterocycles. The first kappa shape index (κ1) is 15.4. The van der Waals surface area contributed by atoms with Crippen molar-refractivity contribution in [3.63, 3.8) is 0 Å². The Morgan fingerprint density at radius 1 is 1.04 bits per heavy atom. The third-order valence-electron chi connectivity index (χ3n) is 3.86. The molecule has 3 amide bonds. The number of nitrogens with zero attached hydrogens (tertiary/aromatic N) is 2. The number of phenols is 1. The van der Waals surface area contributed by atoms with Crippen molar-refractivity contribution in [2.75, 3.05) is 4.90 Å². The van der Waals surface area contributed by atoms with Crippen LogP contribution in [0.3, 0.4) is 0 Å².